The Morgan fingerprint density at radius 3 is 1.90 bits per heavy atom. The Hall–Kier alpha value is -1.68. The lowest BCUT2D eigenvalue weighted by molar-refractivity contribution is 0.0401. The monoisotopic (exact) mass is 282 g/mol. The summed E-state index contributed by atoms with van der Waals surface area (Å²) in [5.41, 5.74) is 2.15. The molecule has 3 nitrogen and oxygen atoms in total. The molecule has 2 atom stereocenters. The molecular formula is C18H22N2O. The fourth-order valence-corrected chi connectivity index (χ4v) is 3.04. The van der Waals surface area contributed by atoms with Crippen LogP contribution in [0.4, 0.5) is 0 Å². The average molecular weight is 282 g/mol. The molecule has 2 aromatic rings. The summed E-state index contributed by atoms with van der Waals surface area (Å²) in [5.74, 6) is 0. The molecular weight excluding hydrogens is 260 g/mol. The normalized spacial score (nSPS) is 19.1. The third kappa shape index (κ3) is 3.32. The van der Waals surface area contributed by atoms with Gasteiger partial charge in [-0.2, -0.15) is 0 Å². The highest BCUT2D eigenvalue weighted by Crippen LogP contribution is 2.34. The van der Waals surface area contributed by atoms with Gasteiger partial charge in [0.25, 0.3) is 0 Å². The van der Waals surface area contributed by atoms with Crippen molar-refractivity contribution in [2.45, 2.75) is 12.1 Å². The number of nitrogens with zero attached hydrogens (tertiary/aromatic N) is 1. The minimum Gasteiger partial charge on any atom is -0.386 e. The Morgan fingerprint density at radius 2 is 1.33 bits per heavy atom. The molecule has 0 aromatic heterocycles. The van der Waals surface area contributed by atoms with Crippen LogP contribution in [0.1, 0.15) is 23.3 Å². The fraction of sp³-hybridized carbons (Fsp3) is 0.333. The smallest absolute Gasteiger partial charge is 0.0986 e. The van der Waals surface area contributed by atoms with E-state index in [-0.39, 0.29) is 6.04 Å². The van der Waals surface area contributed by atoms with E-state index < -0.39 is 6.10 Å². The highest BCUT2D eigenvalue weighted by Gasteiger charge is 2.29. The molecule has 0 spiro atoms. The summed E-state index contributed by atoms with van der Waals surface area (Å²) in [5, 5.41) is 14.3. The molecule has 2 N–H and O–H groups in total. The molecule has 0 saturated carbocycles. The van der Waals surface area contributed by atoms with E-state index in [1.165, 1.54) is 5.56 Å². The summed E-state index contributed by atoms with van der Waals surface area (Å²) in [6.45, 7) is 3.88. The molecule has 21 heavy (non-hydrogen) atoms. The maximum Gasteiger partial charge on any atom is 0.0986 e. The van der Waals surface area contributed by atoms with Gasteiger partial charge in [0, 0.05) is 26.2 Å². The molecule has 1 aliphatic rings. The van der Waals surface area contributed by atoms with E-state index >= 15 is 0 Å². The van der Waals surface area contributed by atoms with Gasteiger partial charge in [0.1, 0.15) is 0 Å². The van der Waals surface area contributed by atoms with Crippen LogP contribution in [0.15, 0.2) is 60.7 Å². The molecule has 0 bridgehead atoms. The minimum atomic E-state index is -0.508. The van der Waals surface area contributed by atoms with E-state index in [4.69, 9.17) is 0 Å². The van der Waals surface area contributed by atoms with Gasteiger partial charge in [-0.25, -0.2) is 0 Å². The standard InChI is InChI=1S/C18H22N2O/c21-18(16-9-5-2-6-10-16)17(15-7-3-1-4-8-15)20-13-11-19-12-14-20/h1-10,17-19,21H,11-14H2/t17-,18-/m0/s1. The molecule has 3 heteroatoms. The van der Waals surface area contributed by atoms with E-state index in [0.717, 1.165) is 31.7 Å². The molecule has 0 radical (unpaired) electrons. The zero-order valence-corrected chi connectivity index (χ0v) is 12.2. The predicted molar refractivity (Wildman–Crippen MR) is 85.0 cm³/mol. The second kappa shape index (κ2) is 6.85. The van der Waals surface area contributed by atoms with Crippen LogP contribution in [-0.4, -0.2) is 36.2 Å². The number of aliphatic hydroxyl groups is 1. The van der Waals surface area contributed by atoms with Crippen LogP contribution < -0.4 is 5.32 Å². The number of nitrogens with one attached hydrogen (secondary N) is 1. The Bertz CT molecular complexity index is 538. The van der Waals surface area contributed by atoms with Gasteiger partial charge < -0.3 is 10.4 Å². The van der Waals surface area contributed by atoms with E-state index in [0.29, 0.717) is 0 Å². The summed E-state index contributed by atoms with van der Waals surface area (Å²) in [6, 6.07) is 20.3. The molecule has 0 aliphatic carbocycles. The lowest BCUT2D eigenvalue weighted by Crippen LogP contribution is -2.46. The topological polar surface area (TPSA) is 35.5 Å². The molecule has 0 unspecified atom stereocenters. The molecule has 1 saturated heterocycles. The van der Waals surface area contributed by atoms with Crippen molar-refractivity contribution in [1.82, 2.24) is 10.2 Å². The van der Waals surface area contributed by atoms with E-state index in [2.05, 4.69) is 22.3 Å². The van der Waals surface area contributed by atoms with E-state index in [1.807, 2.05) is 48.5 Å². The summed E-state index contributed by atoms with van der Waals surface area (Å²) < 4.78 is 0. The number of aliphatic hydroxyl groups excluding tert-OH is 1. The van der Waals surface area contributed by atoms with Crippen LogP contribution in [0.3, 0.4) is 0 Å². The van der Waals surface area contributed by atoms with E-state index in [1.54, 1.807) is 0 Å². The second-order valence-electron chi connectivity index (χ2n) is 5.50. The van der Waals surface area contributed by atoms with Crippen molar-refractivity contribution in [2.24, 2.45) is 0 Å². The molecule has 0 amide bonds. The fourth-order valence-electron chi connectivity index (χ4n) is 3.04. The molecule has 1 aliphatic heterocycles. The van der Waals surface area contributed by atoms with Crippen molar-refractivity contribution < 1.29 is 5.11 Å². The molecule has 1 fully saturated rings. The Morgan fingerprint density at radius 1 is 0.810 bits per heavy atom. The second-order valence-corrected chi connectivity index (χ2v) is 5.50. The van der Waals surface area contributed by atoms with Crippen LogP contribution in [0.2, 0.25) is 0 Å². The summed E-state index contributed by atoms with van der Waals surface area (Å²) in [7, 11) is 0. The van der Waals surface area contributed by atoms with Crippen molar-refractivity contribution in [1.29, 1.82) is 0 Å². The number of piperazine rings is 1. The predicted octanol–water partition coefficient (Wildman–Crippen LogP) is 2.37. The zero-order valence-electron chi connectivity index (χ0n) is 12.2. The van der Waals surface area contributed by atoms with Gasteiger partial charge >= 0.3 is 0 Å². The Labute approximate surface area is 126 Å². The first-order valence-corrected chi connectivity index (χ1v) is 7.59. The highest BCUT2D eigenvalue weighted by atomic mass is 16.3. The van der Waals surface area contributed by atoms with Gasteiger partial charge in [0.15, 0.2) is 0 Å². The molecule has 2 aromatic carbocycles. The zero-order chi connectivity index (χ0) is 14.5. The first kappa shape index (κ1) is 14.3. The number of hydrogen-bond acceptors (Lipinski definition) is 3. The van der Waals surface area contributed by atoms with Crippen molar-refractivity contribution in [3.05, 3.63) is 71.8 Å². The molecule has 1 heterocycles. The van der Waals surface area contributed by atoms with Gasteiger partial charge in [-0.15, -0.1) is 0 Å². The third-order valence-electron chi connectivity index (χ3n) is 4.13. The van der Waals surface area contributed by atoms with Gasteiger partial charge in [-0.1, -0.05) is 60.7 Å². The Kier molecular flexibility index (Phi) is 4.65. The minimum absolute atomic E-state index is 0.00991. The summed E-state index contributed by atoms with van der Waals surface area (Å²) in [6.07, 6.45) is -0.508. The lowest BCUT2D eigenvalue weighted by atomic mass is 9.94. The maximum atomic E-state index is 10.9. The van der Waals surface area contributed by atoms with Crippen molar-refractivity contribution in [2.75, 3.05) is 26.2 Å². The van der Waals surface area contributed by atoms with Crippen LogP contribution >= 0.6 is 0 Å². The summed E-state index contributed by atoms with van der Waals surface area (Å²) >= 11 is 0. The highest BCUT2D eigenvalue weighted by molar-refractivity contribution is 5.26. The maximum absolute atomic E-state index is 10.9. The van der Waals surface area contributed by atoms with Crippen LogP contribution in [0.25, 0.3) is 0 Å². The first-order chi connectivity index (χ1) is 10.4. The van der Waals surface area contributed by atoms with Crippen molar-refractivity contribution in [3.63, 3.8) is 0 Å². The average Bonchev–Trinajstić information content (AvgIpc) is 2.58. The third-order valence-corrected chi connectivity index (χ3v) is 4.13. The van der Waals surface area contributed by atoms with Crippen molar-refractivity contribution >= 4 is 0 Å². The van der Waals surface area contributed by atoms with Gasteiger partial charge in [-0.05, 0) is 11.1 Å². The number of hydrogen-bond donors (Lipinski definition) is 2. The quantitative estimate of drug-likeness (QED) is 0.903. The van der Waals surface area contributed by atoms with Crippen LogP contribution in [0, 0.1) is 0 Å². The van der Waals surface area contributed by atoms with Gasteiger partial charge in [0.05, 0.1) is 12.1 Å². The number of rotatable bonds is 4. The van der Waals surface area contributed by atoms with Crippen LogP contribution in [0.5, 0.6) is 0 Å². The number of benzene rings is 2. The van der Waals surface area contributed by atoms with Gasteiger partial charge in [0.2, 0.25) is 0 Å². The SMILES string of the molecule is O[C@@H](c1ccccc1)[C@H](c1ccccc1)N1CCNCC1. The first-order valence-electron chi connectivity index (χ1n) is 7.59. The molecule has 110 valence electrons. The van der Waals surface area contributed by atoms with Gasteiger partial charge in [-0.3, -0.25) is 4.90 Å². The Balaban J connectivity index is 1.92. The summed E-state index contributed by atoms with van der Waals surface area (Å²) in [4.78, 5) is 2.38. The lowest BCUT2D eigenvalue weighted by Gasteiger charge is -2.38. The largest absolute Gasteiger partial charge is 0.386 e. The molecule has 3 rings (SSSR count). The van der Waals surface area contributed by atoms with Crippen LogP contribution in [-0.2, 0) is 0 Å². The van der Waals surface area contributed by atoms with Crippen molar-refractivity contribution in [3.8, 4) is 0 Å². The van der Waals surface area contributed by atoms with E-state index in [9.17, 15) is 5.11 Å².